The molecule has 1 aliphatic heterocycles. The lowest BCUT2D eigenvalue weighted by atomic mass is 10.1. The Kier molecular flexibility index (Phi) is 5.28. The van der Waals surface area contributed by atoms with Gasteiger partial charge in [-0.1, -0.05) is 41.9 Å². The highest BCUT2D eigenvalue weighted by atomic mass is 35.5. The molecule has 1 N–H and O–H groups in total. The van der Waals surface area contributed by atoms with Crippen LogP contribution in [0, 0.1) is 5.82 Å². The van der Waals surface area contributed by atoms with Crippen molar-refractivity contribution in [2.24, 2.45) is 0 Å². The number of amides is 1. The summed E-state index contributed by atoms with van der Waals surface area (Å²) in [7, 11) is 0. The summed E-state index contributed by atoms with van der Waals surface area (Å²) in [5, 5.41) is 4.49. The molecule has 0 fully saturated rings. The van der Waals surface area contributed by atoms with Gasteiger partial charge in [0.2, 0.25) is 0 Å². The second kappa shape index (κ2) is 8.07. The molecule has 4 aromatic rings. The van der Waals surface area contributed by atoms with E-state index in [1.54, 1.807) is 6.07 Å². The van der Waals surface area contributed by atoms with Crippen LogP contribution >= 0.6 is 34.3 Å². The Hall–Kier alpha value is -2.32. The minimum Gasteiger partial charge on any atom is -0.297 e. The number of hydrogen-bond acceptors (Lipinski definition) is 5. The molecule has 1 amide bonds. The summed E-state index contributed by atoms with van der Waals surface area (Å²) in [6, 6.07) is 14.7. The second-order valence-corrected chi connectivity index (χ2v) is 9.69. The molecule has 30 heavy (non-hydrogen) atoms. The number of nitrogens with one attached hydrogen (secondary N) is 1. The van der Waals surface area contributed by atoms with Crippen LogP contribution in [-0.4, -0.2) is 22.3 Å². The van der Waals surface area contributed by atoms with E-state index in [0.29, 0.717) is 25.1 Å². The molecule has 0 atom stereocenters. The van der Waals surface area contributed by atoms with Crippen LogP contribution in [0.15, 0.2) is 48.5 Å². The molecule has 0 saturated carbocycles. The molecule has 3 heterocycles. The van der Waals surface area contributed by atoms with Gasteiger partial charge in [-0.25, -0.2) is 9.37 Å². The fourth-order valence-electron chi connectivity index (χ4n) is 3.62. The minimum absolute atomic E-state index is 0.311. The Morgan fingerprint density at radius 2 is 2.03 bits per heavy atom. The number of nitrogens with zero attached hydrogens (tertiary/aromatic N) is 2. The number of hydrogen-bond donors (Lipinski definition) is 1. The SMILES string of the molecule is O=C(Nc1nc2c(s1)CN(Cc1ccccc1)CC2)c1sc2cc(F)ccc2c1Cl. The van der Waals surface area contributed by atoms with Crippen molar-refractivity contribution in [2.75, 3.05) is 11.9 Å². The van der Waals surface area contributed by atoms with Crippen LogP contribution in [0.3, 0.4) is 0 Å². The molecule has 8 heteroatoms. The molecule has 5 rings (SSSR count). The van der Waals surface area contributed by atoms with Crippen LogP contribution in [0.4, 0.5) is 9.52 Å². The van der Waals surface area contributed by atoms with E-state index in [4.69, 9.17) is 11.6 Å². The van der Waals surface area contributed by atoms with Gasteiger partial charge in [-0.05, 0) is 23.8 Å². The number of aromatic nitrogens is 1. The molecule has 0 bridgehead atoms. The fourth-order valence-corrected chi connectivity index (χ4v) is 6.10. The standard InChI is InChI=1S/C22H17ClFN3OS2/c23-19-15-7-6-14(24)10-17(15)29-20(19)21(28)26-22-25-16-8-9-27(12-18(16)30-22)11-13-4-2-1-3-5-13/h1-7,10H,8-9,11-12H2,(H,25,26,28). The van der Waals surface area contributed by atoms with Crippen molar-refractivity contribution in [2.45, 2.75) is 19.5 Å². The summed E-state index contributed by atoms with van der Waals surface area (Å²) in [4.78, 5) is 21.3. The van der Waals surface area contributed by atoms with Crippen molar-refractivity contribution < 1.29 is 9.18 Å². The van der Waals surface area contributed by atoms with Gasteiger partial charge in [0.05, 0.1) is 10.7 Å². The third-order valence-electron chi connectivity index (χ3n) is 5.08. The van der Waals surface area contributed by atoms with Crippen molar-refractivity contribution in [3.8, 4) is 0 Å². The van der Waals surface area contributed by atoms with Crippen molar-refractivity contribution in [1.82, 2.24) is 9.88 Å². The highest BCUT2D eigenvalue weighted by molar-refractivity contribution is 7.22. The molecule has 4 nitrogen and oxygen atoms in total. The molecule has 1 aliphatic rings. The zero-order chi connectivity index (χ0) is 20.7. The van der Waals surface area contributed by atoms with Gasteiger partial charge in [0, 0.05) is 41.0 Å². The van der Waals surface area contributed by atoms with E-state index in [1.807, 2.05) is 6.07 Å². The monoisotopic (exact) mass is 457 g/mol. The third-order valence-corrected chi connectivity index (χ3v) is 7.73. The first-order valence-electron chi connectivity index (χ1n) is 9.50. The lowest BCUT2D eigenvalue weighted by Gasteiger charge is -2.25. The molecule has 0 aliphatic carbocycles. The summed E-state index contributed by atoms with van der Waals surface area (Å²) in [5.41, 5.74) is 2.33. The van der Waals surface area contributed by atoms with E-state index in [1.165, 1.54) is 45.2 Å². The Morgan fingerprint density at radius 1 is 1.20 bits per heavy atom. The summed E-state index contributed by atoms with van der Waals surface area (Å²) < 4.78 is 14.1. The first-order chi connectivity index (χ1) is 14.6. The largest absolute Gasteiger partial charge is 0.297 e. The Labute approximate surface area is 185 Å². The number of fused-ring (bicyclic) bond motifs is 2. The van der Waals surface area contributed by atoms with Gasteiger partial charge in [0.25, 0.3) is 5.91 Å². The molecular weight excluding hydrogens is 441 g/mol. The maximum Gasteiger partial charge on any atom is 0.269 e. The van der Waals surface area contributed by atoms with Crippen molar-refractivity contribution >= 4 is 55.4 Å². The summed E-state index contributed by atoms with van der Waals surface area (Å²) in [6.07, 6.45) is 0.859. The summed E-state index contributed by atoms with van der Waals surface area (Å²) in [6.45, 7) is 2.65. The van der Waals surface area contributed by atoms with Gasteiger partial charge in [0.1, 0.15) is 10.7 Å². The fraction of sp³-hybridized carbons (Fsp3) is 0.182. The second-order valence-electron chi connectivity index (χ2n) is 7.17. The van der Waals surface area contributed by atoms with Crippen LogP contribution in [0.1, 0.15) is 25.8 Å². The van der Waals surface area contributed by atoms with Gasteiger partial charge in [-0.15, -0.1) is 22.7 Å². The third kappa shape index (κ3) is 3.86. The smallest absolute Gasteiger partial charge is 0.269 e. The summed E-state index contributed by atoms with van der Waals surface area (Å²) >= 11 is 9.06. The summed E-state index contributed by atoms with van der Waals surface area (Å²) in [5.74, 6) is -0.658. The van der Waals surface area contributed by atoms with Crippen molar-refractivity contribution in [3.05, 3.63) is 80.4 Å². The zero-order valence-corrected chi connectivity index (χ0v) is 18.2. The van der Waals surface area contributed by atoms with Crippen LogP contribution in [0.25, 0.3) is 10.1 Å². The average Bonchev–Trinajstić information content (AvgIpc) is 3.28. The predicted molar refractivity (Wildman–Crippen MR) is 121 cm³/mol. The number of carbonyl (C=O) groups is 1. The number of rotatable bonds is 4. The van der Waals surface area contributed by atoms with E-state index in [0.717, 1.165) is 31.7 Å². The molecule has 152 valence electrons. The first-order valence-corrected chi connectivity index (χ1v) is 11.5. The molecule has 0 radical (unpaired) electrons. The molecular formula is C22H17ClFN3OS2. The van der Waals surface area contributed by atoms with E-state index >= 15 is 0 Å². The number of anilines is 1. The predicted octanol–water partition coefficient (Wildman–Crippen LogP) is 5.96. The topological polar surface area (TPSA) is 45.2 Å². The van der Waals surface area contributed by atoms with Crippen molar-refractivity contribution in [3.63, 3.8) is 0 Å². The van der Waals surface area contributed by atoms with E-state index < -0.39 is 0 Å². The van der Waals surface area contributed by atoms with Crippen molar-refractivity contribution in [1.29, 1.82) is 0 Å². The minimum atomic E-state index is -0.347. The molecule has 2 aromatic carbocycles. The lowest BCUT2D eigenvalue weighted by molar-refractivity contribution is 0.103. The normalized spacial score (nSPS) is 14.1. The Bertz CT molecular complexity index is 1240. The molecule has 0 spiro atoms. The Balaban J connectivity index is 1.31. The number of carbonyl (C=O) groups excluding carboxylic acids is 1. The highest BCUT2D eigenvalue weighted by Gasteiger charge is 2.23. The average molecular weight is 458 g/mol. The van der Waals surface area contributed by atoms with Crippen LogP contribution < -0.4 is 5.32 Å². The van der Waals surface area contributed by atoms with Crippen LogP contribution in [0.5, 0.6) is 0 Å². The zero-order valence-electron chi connectivity index (χ0n) is 15.8. The van der Waals surface area contributed by atoms with E-state index in [-0.39, 0.29) is 11.7 Å². The molecule has 0 unspecified atom stereocenters. The number of thiophene rings is 1. The van der Waals surface area contributed by atoms with Gasteiger partial charge >= 0.3 is 0 Å². The quantitative estimate of drug-likeness (QED) is 0.411. The van der Waals surface area contributed by atoms with Crippen LogP contribution in [0.2, 0.25) is 5.02 Å². The van der Waals surface area contributed by atoms with Gasteiger partial charge < -0.3 is 0 Å². The van der Waals surface area contributed by atoms with E-state index in [9.17, 15) is 9.18 Å². The number of halogens is 2. The van der Waals surface area contributed by atoms with Gasteiger partial charge in [-0.2, -0.15) is 0 Å². The van der Waals surface area contributed by atoms with E-state index in [2.05, 4.69) is 39.5 Å². The first kappa shape index (κ1) is 19.6. The highest BCUT2D eigenvalue weighted by Crippen LogP contribution is 2.37. The Morgan fingerprint density at radius 3 is 2.87 bits per heavy atom. The lowest BCUT2D eigenvalue weighted by Crippen LogP contribution is -2.29. The van der Waals surface area contributed by atoms with Gasteiger partial charge in [-0.3, -0.25) is 15.0 Å². The molecule has 0 saturated heterocycles. The van der Waals surface area contributed by atoms with Crippen LogP contribution in [-0.2, 0) is 19.5 Å². The maximum absolute atomic E-state index is 13.5. The number of thiazole rings is 1. The number of benzene rings is 2. The molecule has 2 aromatic heterocycles. The maximum atomic E-state index is 13.5. The van der Waals surface area contributed by atoms with Gasteiger partial charge in [0.15, 0.2) is 5.13 Å².